The maximum Gasteiger partial charge on any atom is 0.335 e. The third kappa shape index (κ3) is 2.51. The van der Waals surface area contributed by atoms with E-state index in [9.17, 15) is 17.6 Å². The lowest BCUT2D eigenvalue weighted by atomic mass is 10.1. The molecule has 0 radical (unpaired) electrons. The summed E-state index contributed by atoms with van der Waals surface area (Å²) < 4.78 is 39.8. The fourth-order valence-electron chi connectivity index (χ4n) is 1.54. The average Bonchev–Trinajstić information content (AvgIpc) is 3.04. The van der Waals surface area contributed by atoms with Crippen LogP contribution in [0.4, 0.5) is 4.39 Å². The molecule has 2 N–H and O–H groups in total. The van der Waals surface area contributed by atoms with Crippen molar-refractivity contribution in [1.82, 2.24) is 4.72 Å². The molecule has 0 saturated heterocycles. The van der Waals surface area contributed by atoms with Crippen molar-refractivity contribution in [3.8, 4) is 0 Å². The fourth-order valence-corrected chi connectivity index (χ4v) is 3.12. The van der Waals surface area contributed by atoms with Crippen molar-refractivity contribution in [3.63, 3.8) is 0 Å². The molecular weight excluding hydrogens is 261 g/mol. The summed E-state index contributed by atoms with van der Waals surface area (Å²) in [5, 5.41) is 8.80. The van der Waals surface area contributed by atoms with Crippen LogP contribution in [0.1, 0.15) is 28.8 Å². The number of carboxylic acids is 1. The van der Waals surface area contributed by atoms with E-state index in [0.717, 1.165) is 25.0 Å². The number of hydrogen-bond donors (Lipinski definition) is 2. The molecule has 18 heavy (non-hydrogen) atoms. The van der Waals surface area contributed by atoms with Gasteiger partial charge in [-0.1, -0.05) is 0 Å². The van der Waals surface area contributed by atoms with Gasteiger partial charge in [-0.2, -0.15) is 0 Å². The average molecular weight is 273 g/mol. The van der Waals surface area contributed by atoms with Crippen LogP contribution in [-0.4, -0.2) is 25.5 Å². The van der Waals surface area contributed by atoms with Crippen molar-refractivity contribution in [3.05, 3.63) is 29.1 Å². The Labute approximate surface area is 104 Å². The number of aromatic carboxylic acids is 1. The molecule has 0 bridgehead atoms. The number of sulfonamides is 1. The maximum atomic E-state index is 13.5. The summed E-state index contributed by atoms with van der Waals surface area (Å²) >= 11 is 0. The van der Waals surface area contributed by atoms with Crippen LogP contribution in [0.5, 0.6) is 0 Å². The van der Waals surface area contributed by atoms with Crippen molar-refractivity contribution in [1.29, 1.82) is 0 Å². The van der Waals surface area contributed by atoms with E-state index in [1.54, 1.807) is 0 Å². The molecular formula is C11H12FNO4S. The molecule has 2 rings (SSSR count). The zero-order valence-corrected chi connectivity index (χ0v) is 10.4. The van der Waals surface area contributed by atoms with Crippen LogP contribution in [-0.2, 0) is 10.0 Å². The van der Waals surface area contributed by atoms with Crippen LogP contribution in [0.15, 0.2) is 17.0 Å². The van der Waals surface area contributed by atoms with Gasteiger partial charge in [0.25, 0.3) is 0 Å². The van der Waals surface area contributed by atoms with Gasteiger partial charge in [0.1, 0.15) is 5.82 Å². The molecule has 0 aromatic heterocycles. The first-order valence-corrected chi connectivity index (χ1v) is 6.85. The third-order valence-corrected chi connectivity index (χ3v) is 4.38. The van der Waals surface area contributed by atoms with E-state index >= 15 is 0 Å². The minimum Gasteiger partial charge on any atom is -0.478 e. The molecule has 1 saturated carbocycles. The Kier molecular flexibility index (Phi) is 3.12. The Hall–Kier alpha value is -1.47. The Morgan fingerprint density at radius 3 is 2.56 bits per heavy atom. The zero-order valence-electron chi connectivity index (χ0n) is 9.60. The highest BCUT2D eigenvalue weighted by molar-refractivity contribution is 7.89. The highest BCUT2D eigenvalue weighted by Gasteiger charge is 2.30. The molecule has 7 heteroatoms. The summed E-state index contributed by atoms with van der Waals surface area (Å²) in [4.78, 5) is 10.5. The van der Waals surface area contributed by atoms with E-state index in [2.05, 4.69) is 4.72 Å². The van der Waals surface area contributed by atoms with Crippen LogP contribution >= 0.6 is 0 Å². The molecule has 1 aromatic carbocycles. The first-order chi connectivity index (χ1) is 8.31. The third-order valence-electron chi connectivity index (χ3n) is 2.73. The first kappa shape index (κ1) is 13.0. The van der Waals surface area contributed by atoms with Crippen LogP contribution in [0.3, 0.4) is 0 Å². The van der Waals surface area contributed by atoms with Gasteiger partial charge < -0.3 is 5.11 Å². The van der Waals surface area contributed by atoms with E-state index in [4.69, 9.17) is 5.11 Å². The van der Waals surface area contributed by atoms with Crippen LogP contribution < -0.4 is 4.72 Å². The number of hydrogen-bond acceptors (Lipinski definition) is 3. The van der Waals surface area contributed by atoms with E-state index in [1.165, 1.54) is 6.92 Å². The molecule has 0 unspecified atom stereocenters. The van der Waals surface area contributed by atoms with Gasteiger partial charge in [-0.3, -0.25) is 0 Å². The van der Waals surface area contributed by atoms with Gasteiger partial charge in [0.2, 0.25) is 10.0 Å². The molecule has 0 heterocycles. The number of halogens is 1. The molecule has 0 aliphatic heterocycles. The van der Waals surface area contributed by atoms with Crippen molar-refractivity contribution < 1.29 is 22.7 Å². The van der Waals surface area contributed by atoms with Gasteiger partial charge in [-0.05, 0) is 31.9 Å². The molecule has 1 fully saturated rings. The molecule has 0 amide bonds. The Morgan fingerprint density at radius 1 is 1.44 bits per heavy atom. The largest absolute Gasteiger partial charge is 0.478 e. The van der Waals surface area contributed by atoms with Gasteiger partial charge in [0.15, 0.2) is 0 Å². The van der Waals surface area contributed by atoms with E-state index in [-0.39, 0.29) is 22.1 Å². The lowest BCUT2D eigenvalue weighted by molar-refractivity contribution is 0.0696. The molecule has 1 aliphatic rings. The zero-order chi connectivity index (χ0) is 13.5. The van der Waals surface area contributed by atoms with Crippen molar-refractivity contribution in [2.45, 2.75) is 30.7 Å². The van der Waals surface area contributed by atoms with Gasteiger partial charge in [-0.25, -0.2) is 22.3 Å². The number of nitrogens with one attached hydrogen (secondary N) is 1. The Balaban J connectivity index is 2.51. The summed E-state index contributed by atoms with van der Waals surface area (Å²) in [7, 11) is -3.86. The maximum absolute atomic E-state index is 13.5. The quantitative estimate of drug-likeness (QED) is 0.865. The Morgan fingerprint density at radius 2 is 2.06 bits per heavy atom. The Bertz CT molecular complexity index is 608. The summed E-state index contributed by atoms with van der Waals surface area (Å²) in [5.74, 6) is -2.21. The minimum atomic E-state index is -3.86. The molecule has 0 atom stereocenters. The fraction of sp³-hybridized carbons (Fsp3) is 0.364. The van der Waals surface area contributed by atoms with Gasteiger partial charge >= 0.3 is 5.97 Å². The summed E-state index contributed by atoms with van der Waals surface area (Å²) in [6, 6.07) is 1.67. The predicted octanol–water partition coefficient (Wildman–Crippen LogP) is 1.27. The van der Waals surface area contributed by atoms with E-state index in [0.29, 0.717) is 0 Å². The van der Waals surface area contributed by atoms with Crippen molar-refractivity contribution in [2.75, 3.05) is 0 Å². The molecule has 98 valence electrons. The SMILES string of the molecule is Cc1c(F)cc(C(=O)O)cc1S(=O)(=O)NC1CC1. The highest BCUT2D eigenvalue weighted by atomic mass is 32.2. The lowest BCUT2D eigenvalue weighted by Crippen LogP contribution is -2.27. The summed E-state index contributed by atoms with van der Waals surface area (Å²) in [6.07, 6.45) is 1.50. The molecule has 5 nitrogen and oxygen atoms in total. The van der Waals surface area contributed by atoms with Crippen LogP contribution in [0.25, 0.3) is 0 Å². The number of rotatable bonds is 4. The van der Waals surface area contributed by atoms with Crippen molar-refractivity contribution >= 4 is 16.0 Å². The number of carboxylic acid groups (broad SMARTS) is 1. The summed E-state index contributed by atoms with van der Waals surface area (Å²) in [5.41, 5.74) is -0.456. The monoisotopic (exact) mass is 273 g/mol. The summed E-state index contributed by atoms with van der Waals surface area (Å²) in [6.45, 7) is 1.31. The molecule has 0 spiro atoms. The first-order valence-electron chi connectivity index (χ1n) is 5.37. The van der Waals surface area contributed by atoms with Crippen LogP contribution in [0.2, 0.25) is 0 Å². The smallest absolute Gasteiger partial charge is 0.335 e. The van der Waals surface area contributed by atoms with Crippen LogP contribution in [0, 0.1) is 12.7 Å². The second-order valence-electron chi connectivity index (χ2n) is 4.28. The highest BCUT2D eigenvalue weighted by Crippen LogP contribution is 2.25. The van der Waals surface area contributed by atoms with Gasteiger partial charge in [0, 0.05) is 11.6 Å². The predicted molar refractivity (Wildman–Crippen MR) is 61.4 cm³/mol. The molecule has 1 aliphatic carbocycles. The van der Waals surface area contributed by atoms with Crippen molar-refractivity contribution in [2.24, 2.45) is 0 Å². The second-order valence-corrected chi connectivity index (χ2v) is 5.96. The second kappa shape index (κ2) is 4.33. The number of benzene rings is 1. The van der Waals surface area contributed by atoms with Gasteiger partial charge in [0.05, 0.1) is 10.5 Å². The minimum absolute atomic E-state index is 0.0758. The van der Waals surface area contributed by atoms with E-state index < -0.39 is 21.8 Å². The number of carbonyl (C=O) groups is 1. The standard InChI is InChI=1S/C11H12FNO4S/c1-6-9(12)4-7(11(14)15)5-10(6)18(16,17)13-8-2-3-8/h4-5,8,13H,2-3H2,1H3,(H,14,15). The molecule has 1 aromatic rings. The lowest BCUT2D eigenvalue weighted by Gasteiger charge is -2.10. The van der Waals surface area contributed by atoms with E-state index in [1.807, 2.05) is 0 Å². The topological polar surface area (TPSA) is 83.5 Å². The van der Waals surface area contributed by atoms with Gasteiger partial charge in [-0.15, -0.1) is 0 Å². The normalized spacial score (nSPS) is 15.7.